The maximum absolute atomic E-state index is 12.8. The molecule has 1 aliphatic rings. The summed E-state index contributed by atoms with van der Waals surface area (Å²) in [5.41, 5.74) is 1.46. The highest BCUT2D eigenvalue weighted by molar-refractivity contribution is 5.77. The summed E-state index contributed by atoms with van der Waals surface area (Å²) >= 11 is 0. The van der Waals surface area contributed by atoms with Crippen molar-refractivity contribution < 1.29 is 18.8 Å². The predicted molar refractivity (Wildman–Crippen MR) is 111 cm³/mol. The maximum Gasteiger partial charge on any atom is 0.274 e. The number of methoxy groups -OCH3 is 2. The van der Waals surface area contributed by atoms with E-state index >= 15 is 0 Å². The first-order valence-corrected chi connectivity index (χ1v) is 10.1. The molecule has 1 fully saturated rings. The third kappa shape index (κ3) is 3.90. The summed E-state index contributed by atoms with van der Waals surface area (Å²) in [7, 11) is 3.17. The standard InChI is InChI=1S/C22H26N4O4/c1-15-7-4-5-12-26(15)20(27)14-25-11-6-8-17(25)22-23-21(24-30-22)16-9-10-18(28-2)19(13-16)29-3/h6,8-11,13,15H,4-5,7,12,14H2,1-3H3/t15-/m0/s1. The van der Waals surface area contributed by atoms with Crippen molar-refractivity contribution >= 4 is 5.91 Å². The quantitative estimate of drug-likeness (QED) is 0.617. The minimum Gasteiger partial charge on any atom is -0.493 e. The summed E-state index contributed by atoms with van der Waals surface area (Å²) < 4.78 is 18.0. The first-order chi connectivity index (χ1) is 14.6. The van der Waals surface area contributed by atoms with Crippen LogP contribution in [0.4, 0.5) is 0 Å². The molecule has 1 aliphatic heterocycles. The number of aromatic nitrogens is 3. The lowest BCUT2D eigenvalue weighted by atomic mass is 10.0. The number of hydrogen-bond acceptors (Lipinski definition) is 6. The Kier molecular flexibility index (Phi) is 5.74. The van der Waals surface area contributed by atoms with E-state index in [4.69, 9.17) is 14.0 Å². The zero-order chi connectivity index (χ0) is 21.1. The molecule has 0 aliphatic carbocycles. The summed E-state index contributed by atoms with van der Waals surface area (Å²) in [5, 5.41) is 4.10. The van der Waals surface area contributed by atoms with Crippen LogP contribution < -0.4 is 9.47 Å². The number of likely N-dealkylation sites (tertiary alicyclic amines) is 1. The second-order valence-electron chi connectivity index (χ2n) is 7.45. The molecule has 158 valence electrons. The van der Waals surface area contributed by atoms with Gasteiger partial charge in [-0.05, 0) is 56.5 Å². The van der Waals surface area contributed by atoms with Gasteiger partial charge in [-0.3, -0.25) is 4.79 Å². The first kappa shape index (κ1) is 20.0. The van der Waals surface area contributed by atoms with E-state index in [0.717, 1.165) is 24.9 Å². The van der Waals surface area contributed by atoms with Gasteiger partial charge in [-0.1, -0.05) is 5.16 Å². The van der Waals surface area contributed by atoms with Gasteiger partial charge in [-0.15, -0.1) is 0 Å². The summed E-state index contributed by atoms with van der Waals surface area (Å²) in [4.78, 5) is 19.3. The molecular weight excluding hydrogens is 384 g/mol. The Hall–Kier alpha value is -3.29. The van der Waals surface area contributed by atoms with Crippen LogP contribution in [0.25, 0.3) is 23.0 Å². The topological polar surface area (TPSA) is 82.6 Å². The second kappa shape index (κ2) is 8.61. The number of carbonyl (C=O) groups is 1. The summed E-state index contributed by atoms with van der Waals surface area (Å²) in [6, 6.07) is 9.47. The molecule has 0 unspecified atom stereocenters. The van der Waals surface area contributed by atoms with Crippen molar-refractivity contribution in [3.63, 3.8) is 0 Å². The van der Waals surface area contributed by atoms with Crippen molar-refractivity contribution in [1.82, 2.24) is 19.6 Å². The van der Waals surface area contributed by atoms with E-state index in [1.165, 1.54) is 6.42 Å². The highest BCUT2D eigenvalue weighted by atomic mass is 16.5. The molecule has 0 N–H and O–H groups in total. The Labute approximate surface area is 175 Å². The second-order valence-corrected chi connectivity index (χ2v) is 7.45. The molecule has 3 aromatic rings. The SMILES string of the molecule is COc1ccc(-c2noc(-c3cccn3CC(=O)N3CCCC[C@@H]3C)n2)cc1OC. The van der Waals surface area contributed by atoms with Crippen molar-refractivity contribution in [3.05, 3.63) is 36.5 Å². The Morgan fingerprint density at radius 1 is 1.20 bits per heavy atom. The van der Waals surface area contributed by atoms with Crippen LogP contribution in [0.2, 0.25) is 0 Å². The van der Waals surface area contributed by atoms with Crippen LogP contribution in [0, 0.1) is 0 Å². The molecule has 3 heterocycles. The number of rotatable bonds is 6. The molecule has 0 bridgehead atoms. The van der Waals surface area contributed by atoms with E-state index in [9.17, 15) is 4.79 Å². The van der Waals surface area contributed by atoms with E-state index in [2.05, 4.69) is 17.1 Å². The van der Waals surface area contributed by atoms with E-state index in [0.29, 0.717) is 28.9 Å². The van der Waals surface area contributed by atoms with Crippen LogP contribution in [0.3, 0.4) is 0 Å². The monoisotopic (exact) mass is 410 g/mol. The van der Waals surface area contributed by atoms with Crippen molar-refractivity contribution in [1.29, 1.82) is 0 Å². The number of piperidine rings is 1. The molecule has 0 spiro atoms. The summed E-state index contributed by atoms with van der Waals surface area (Å²) in [6.45, 7) is 3.18. The number of carbonyl (C=O) groups excluding carboxylic acids is 1. The third-order valence-electron chi connectivity index (χ3n) is 5.55. The fraction of sp³-hybridized carbons (Fsp3) is 0.409. The van der Waals surface area contributed by atoms with Gasteiger partial charge in [0.2, 0.25) is 11.7 Å². The van der Waals surface area contributed by atoms with Gasteiger partial charge in [0, 0.05) is 24.3 Å². The van der Waals surface area contributed by atoms with Crippen LogP contribution >= 0.6 is 0 Å². The lowest BCUT2D eigenvalue weighted by Crippen LogP contribution is -2.43. The summed E-state index contributed by atoms with van der Waals surface area (Å²) in [5.74, 6) is 2.13. The van der Waals surface area contributed by atoms with Gasteiger partial charge in [0.1, 0.15) is 12.2 Å². The lowest BCUT2D eigenvalue weighted by Gasteiger charge is -2.33. The highest BCUT2D eigenvalue weighted by Gasteiger charge is 2.24. The van der Waals surface area contributed by atoms with Gasteiger partial charge in [0.15, 0.2) is 11.5 Å². The van der Waals surface area contributed by atoms with Gasteiger partial charge in [-0.2, -0.15) is 4.98 Å². The fourth-order valence-corrected chi connectivity index (χ4v) is 3.87. The van der Waals surface area contributed by atoms with Crippen molar-refractivity contribution in [3.8, 4) is 34.5 Å². The molecule has 1 saturated heterocycles. The minimum absolute atomic E-state index is 0.110. The maximum atomic E-state index is 12.8. The number of benzene rings is 1. The molecule has 4 rings (SSSR count). The van der Waals surface area contributed by atoms with Gasteiger partial charge < -0.3 is 23.5 Å². The Morgan fingerprint density at radius 2 is 2.03 bits per heavy atom. The molecule has 0 radical (unpaired) electrons. The molecule has 1 aromatic carbocycles. The van der Waals surface area contributed by atoms with Crippen LogP contribution in [0.1, 0.15) is 26.2 Å². The zero-order valence-electron chi connectivity index (χ0n) is 17.5. The van der Waals surface area contributed by atoms with E-state index < -0.39 is 0 Å². The minimum atomic E-state index is 0.110. The molecule has 8 heteroatoms. The predicted octanol–water partition coefficient (Wildman–Crippen LogP) is 3.62. The Balaban J connectivity index is 1.55. The van der Waals surface area contributed by atoms with Crippen molar-refractivity contribution in [2.24, 2.45) is 0 Å². The largest absolute Gasteiger partial charge is 0.493 e. The van der Waals surface area contributed by atoms with Gasteiger partial charge in [0.25, 0.3) is 5.89 Å². The Bertz CT molecular complexity index is 1030. The van der Waals surface area contributed by atoms with Gasteiger partial charge >= 0.3 is 0 Å². The lowest BCUT2D eigenvalue weighted by molar-refractivity contribution is -0.135. The van der Waals surface area contributed by atoms with Crippen LogP contribution in [0.15, 0.2) is 41.1 Å². The van der Waals surface area contributed by atoms with Crippen LogP contribution in [-0.2, 0) is 11.3 Å². The molecule has 1 amide bonds. The van der Waals surface area contributed by atoms with E-state index in [1.54, 1.807) is 26.4 Å². The van der Waals surface area contributed by atoms with Crippen LogP contribution in [0.5, 0.6) is 11.5 Å². The fourth-order valence-electron chi connectivity index (χ4n) is 3.87. The average molecular weight is 410 g/mol. The van der Waals surface area contributed by atoms with Crippen LogP contribution in [-0.4, -0.2) is 52.3 Å². The molecule has 1 atom stereocenters. The molecular formula is C22H26N4O4. The number of hydrogen-bond donors (Lipinski definition) is 0. The smallest absolute Gasteiger partial charge is 0.274 e. The van der Waals surface area contributed by atoms with Gasteiger partial charge in [0.05, 0.1) is 14.2 Å². The molecule has 8 nitrogen and oxygen atoms in total. The Morgan fingerprint density at radius 3 is 2.80 bits per heavy atom. The molecule has 2 aromatic heterocycles. The number of amides is 1. The first-order valence-electron chi connectivity index (χ1n) is 10.1. The number of ether oxygens (including phenoxy) is 2. The van der Waals surface area contributed by atoms with E-state index in [-0.39, 0.29) is 18.5 Å². The average Bonchev–Trinajstić information content (AvgIpc) is 3.43. The van der Waals surface area contributed by atoms with Gasteiger partial charge in [-0.25, -0.2) is 0 Å². The van der Waals surface area contributed by atoms with Crippen molar-refractivity contribution in [2.75, 3.05) is 20.8 Å². The normalized spacial score (nSPS) is 16.5. The van der Waals surface area contributed by atoms with Crippen molar-refractivity contribution in [2.45, 2.75) is 38.8 Å². The highest BCUT2D eigenvalue weighted by Crippen LogP contribution is 2.32. The third-order valence-corrected chi connectivity index (χ3v) is 5.55. The zero-order valence-corrected chi connectivity index (χ0v) is 17.5. The molecule has 0 saturated carbocycles. The number of nitrogens with zero attached hydrogens (tertiary/aromatic N) is 4. The van der Waals surface area contributed by atoms with E-state index in [1.807, 2.05) is 33.9 Å². The molecule has 30 heavy (non-hydrogen) atoms. The summed E-state index contributed by atoms with van der Waals surface area (Å²) in [6.07, 6.45) is 5.17.